The first-order chi connectivity index (χ1) is 20.3. The van der Waals surface area contributed by atoms with Crippen molar-refractivity contribution < 1.29 is 9.05 Å². The van der Waals surface area contributed by atoms with Crippen molar-refractivity contribution in [3.8, 4) is 33.9 Å². The molecular weight excluding hydrogens is 520 g/mol. The van der Waals surface area contributed by atoms with Crippen LogP contribution in [0.4, 0.5) is 0 Å². The molecule has 0 N–H and O–H groups in total. The Kier molecular flexibility index (Phi) is 6.01. The molecule has 42 heavy (non-hydrogen) atoms. The lowest BCUT2D eigenvalue weighted by atomic mass is 9.97. The summed E-state index contributed by atoms with van der Waals surface area (Å²) >= 11 is 0. The van der Waals surface area contributed by atoms with E-state index in [1.807, 2.05) is 12.1 Å². The van der Waals surface area contributed by atoms with Crippen molar-refractivity contribution in [1.82, 2.24) is 20.3 Å². The first-order valence-corrected chi connectivity index (χ1v) is 14.1. The van der Waals surface area contributed by atoms with E-state index in [2.05, 4.69) is 113 Å². The Balaban J connectivity index is 1.49. The predicted molar refractivity (Wildman–Crippen MR) is 165 cm³/mol. The van der Waals surface area contributed by atoms with Gasteiger partial charge in [0.1, 0.15) is 5.57 Å². The molecule has 2 aromatic heterocycles. The quantitative estimate of drug-likeness (QED) is 0.218. The zero-order valence-corrected chi connectivity index (χ0v) is 24.5. The van der Waals surface area contributed by atoms with E-state index in [-0.39, 0.29) is 0 Å². The lowest BCUT2D eigenvalue weighted by Crippen LogP contribution is -1.97. The minimum atomic E-state index is 0.332. The number of fused-ring (bicyclic) bond motifs is 3. The van der Waals surface area contributed by atoms with Gasteiger partial charge in [-0.3, -0.25) is 0 Å². The van der Waals surface area contributed by atoms with E-state index in [0.29, 0.717) is 29.0 Å². The molecule has 4 aromatic carbocycles. The molecule has 0 radical (unpaired) electrons. The van der Waals surface area contributed by atoms with Crippen molar-refractivity contribution in [3.63, 3.8) is 0 Å². The predicted octanol–water partition coefficient (Wildman–Crippen LogP) is 8.62. The average molecular weight is 551 g/mol. The van der Waals surface area contributed by atoms with E-state index >= 15 is 0 Å². The smallest absolute Gasteiger partial charge is 0.264 e. The molecule has 6 heteroatoms. The highest BCUT2D eigenvalue weighted by molar-refractivity contribution is 6.11. The number of aromatic nitrogens is 4. The van der Waals surface area contributed by atoms with Crippen LogP contribution in [0, 0.1) is 41.5 Å². The first-order valence-electron chi connectivity index (χ1n) is 14.1. The molecule has 1 aliphatic carbocycles. The highest BCUT2D eigenvalue weighted by atomic mass is 16.5. The van der Waals surface area contributed by atoms with Crippen molar-refractivity contribution >= 4 is 11.1 Å². The maximum Gasteiger partial charge on any atom is 0.264 e. The molecule has 6 nitrogen and oxygen atoms in total. The molecule has 0 unspecified atom stereocenters. The highest BCUT2D eigenvalue weighted by Gasteiger charge is 2.33. The van der Waals surface area contributed by atoms with E-state index < -0.39 is 0 Å². The summed E-state index contributed by atoms with van der Waals surface area (Å²) in [5.74, 6) is 1.72. The van der Waals surface area contributed by atoms with E-state index in [4.69, 9.17) is 19.0 Å². The average Bonchev–Trinajstić information content (AvgIpc) is 3.68. The minimum Gasteiger partial charge on any atom is -0.333 e. The molecule has 0 spiro atoms. The second kappa shape index (κ2) is 9.77. The number of aryl methyl sites for hydroxylation is 6. The Morgan fingerprint density at radius 1 is 0.500 bits per heavy atom. The van der Waals surface area contributed by atoms with Gasteiger partial charge in [0.25, 0.3) is 11.8 Å². The van der Waals surface area contributed by atoms with Gasteiger partial charge in [0.2, 0.25) is 11.6 Å². The Labute approximate surface area is 244 Å². The molecule has 0 amide bonds. The summed E-state index contributed by atoms with van der Waals surface area (Å²) in [5.41, 5.74) is 14.6. The van der Waals surface area contributed by atoms with Crippen LogP contribution < -0.4 is 0 Å². The third-order valence-corrected chi connectivity index (χ3v) is 8.01. The van der Waals surface area contributed by atoms with Crippen LogP contribution in [0.5, 0.6) is 0 Å². The first kappa shape index (κ1) is 25.8. The van der Waals surface area contributed by atoms with Gasteiger partial charge >= 0.3 is 0 Å². The molecule has 0 fully saturated rings. The third kappa shape index (κ3) is 4.10. The Morgan fingerprint density at radius 3 is 1.24 bits per heavy atom. The van der Waals surface area contributed by atoms with Crippen LogP contribution >= 0.6 is 0 Å². The van der Waals surface area contributed by atoms with Gasteiger partial charge in [-0.1, -0.05) is 94.2 Å². The van der Waals surface area contributed by atoms with Gasteiger partial charge in [0, 0.05) is 16.7 Å². The Bertz CT molecular complexity index is 1870. The molecule has 0 aliphatic heterocycles. The molecule has 0 atom stereocenters. The number of hydrogen-bond donors (Lipinski definition) is 0. The van der Waals surface area contributed by atoms with E-state index in [0.717, 1.165) is 61.2 Å². The fourth-order valence-electron chi connectivity index (χ4n) is 6.51. The Hall–Kier alpha value is -5.10. The van der Waals surface area contributed by atoms with Crippen molar-refractivity contribution in [2.75, 3.05) is 0 Å². The molecule has 0 bridgehead atoms. The molecule has 0 saturated heterocycles. The molecular formula is C36H30N4O2. The van der Waals surface area contributed by atoms with Gasteiger partial charge in [0.05, 0.1) is 0 Å². The van der Waals surface area contributed by atoms with Crippen LogP contribution in [-0.4, -0.2) is 20.3 Å². The zero-order chi connectivity index (χ0) is 29.1. The summed E-state index contributed by atoms with van der Waals surface area (Å²) in [7, 11) is 0. The maximum atomic E-state index is 6.05. The van der Waals surface area contributed by atoms with Crippen LogP contribution in [0.1, 0.15) is 56.3 Å². The summed E-state index contributed by atoms with van der Waals surface area (Å²) in [6.07, 6.45) is 0. The van der Waals surface area contributed by atoms with Gasteiger partial charge < -0.3 is 9.05 Å². The van der Waals surface area contributed by atoms with Gasteiger partial charge in [-0.15, -0.1) is 0 Å². The van der Waals surface area contributed by atoms with Crippen LogP contribution in [0.25, 0.3) is 45.0 Å². The van der Waals surface area contributed by atoms with E-state index in [1.165, 1.54) is 11.1 Å². The van der Waals surface area contributed by atoms with Crippen molar-refractivity contribution in [2.45, 2.75) is 41.5 Å². The second-order valence-electron chi connectivity index (χ2n) is 11.2. The van der Waals surface area contributed by atoms with E-state index in [9.17, 15) is 0 Å². The molecule has 1 aliphatic rings. The lowest BCUT2D eigenvalue weighted by Gasteiger charge is -2.08. The van der Waals surface area contributed by atoms with Gasteiger partial charge in [0.15, 0.2) is 0 Å². The lowest BCUT2D eigenvalue weighted by molar-refractivity contribution is 0.390. The summed E-state index contributed by atoms with van der Waals surface area (Å²) in [6.45, 7) is 12.5. The zero-order valence-electron chi connectivity index (χ0n) is 24.5. The van der Waals surface area contributed by atoms with Crippen molar-refractivity contribution in [1.29, 1.82) is 0 Å². The SMILES string of the molecule is Cc1cc(C)c(-c2noc(C(=C3c4ccccc4-c4ccccc43)c3nc(-c4c(C)cc(C)cc4C)no3)n2)c(C)c1. The highest BCUT2D eigenvalue weighted by Crippen LogP contribution is 2.48. The summed E-state index contributed by atoms with van der Waals surface area (Å²) in [4.78, 5) is 9.93. The fraction of sp³-hybridized carbons (Fsp3) is 0.167. The third-order valence-electron chi connectivity index (χ3n) is 8.01. The standard InChI is InChI=1S/C36H30N4O2/c1-19-15-21(3)29(22(4)16-19)33-37-35(41-39-33)32(31-27-13-9-7-11-25(27)26-12-8-10-14-28(26)31)36-38-34(40-42-36)30-23(5)17-20(2)18-24(30)6/h7-18H,1-6H3. The van der Waals surface area contributed by atoms with Crippen LogP contribution in [0.3, 0.4) is 0 Å². The second-order valence-corrected chi connectivity index (χ2v) is 11.2. The van der Waals surface area contributed by atoms with E-state index in [1.54, 1.807) is 0 Å². The minimum absolute atomic E-state index is 0.332. The largest absolute Gasteiger partial charge is 0.333 e. The molecule has 2 heterocycles. The van der Waals surface area contributed by atoms with Crippen molar-refractivity contribution in [3.05, 3.63) is 129 Å². The number of rotatable bonds is 4. The topological polar surface area (TPSA) is 77.8 Å². The van der Waals surface area contributed by atoms with Crippen LogP contribution in [0.15, 0.2) is 81.8 Å². The van der Waals surface area contributed by atoms with Crippen molar-refractivity contribution in [2.24, 2.45) is 0 Å². The molecule has 0 saturated carbocycles. The normalized spacial score (nSPS) is 12.0. The van der Waals surface area contributed by atoms with Gasteiger partial charge in [-0.25, -0.2) is 0 Å². The summed E-state index contributed by atoms with van der Waals surface area (Å²) in [5, 5.41) is 8.92. The van der Waals surface area contributed by atoms with Gasteiger partial charge in [-0.05, 0) is 86.1 Å². The van der Waals surface area contributed by atoms with Crippen LogP contribution in [0.2, 0.25) is 0 Å². The molecule has 6 aromatic rings. The van der Waals surface area contributed by atoms with Gasteiger partial charge in [-0.2, -0.15) is 9.97 Å². The number of benzene rings is 4. The monoisotopic (exact) mass is 550 g/mol. The fourth-order valence-corrected chi connectivity index (χ4v) is 6.51. The number of nitrogens with zero attached hydrogens (tertiary/aromatic N) is 4. The van der Waals surface area contributed by atoms with Crippen LogP contribution in [-0.2, 0) is 0 Å². The maximum absolute atomic E-state index is 6.05. The molecule has 206 valence electrons. The molecule has 7 rings (SSSR count). The summed E-state index contributed by atoms with van der Waals surface area (Å²) < 4.78 is 12.1. The summed E-state index contributed by atoms with van der Waals surface area (Å²) in [6, 6.07) is 25.2. The Morgan fingerprint density at radius 2 is 0.857 bits per heavy atom. The number of hydrogen-bond acceptors (Lipinski definition) is 6.